The van der Waals surface area contributed by atoms with Crippen molar-refractivity contribution in [2.24, 2.45) is 0 Å². The van der Waals surface area contributed by atoms with Crippen molar-refractivity contribution in [1.82, 2.24) is 4.98 Å². The Labute approximate surface area is 186 Å². The van der Waals surface area contributed by atoms with Gasteiger partial charge in [0, 0.05) is 22.4 Å². The van der Waals surface area contributed by atoms with Gasteiger partial charge in [0.2, 0.25) is 5.95 Å². The van der Waals surface area contributed by atoms with Crippen molar-refractivity contribution in [2.45, 2.75) is 33.1 Å². The zero-order valence-corrected chi connectivity index (χ0v) is 18.3. The molecule has 3 aromatic rings. The number of hydrogen-bond acceptors (Lipinski definition) is 4. The second-order valence-corrected chi connectivity index (χ2v) is 8.09. The van der Waals surface area contributed by atoms with E-state index in [1.165, 1.54) is 12.3 Å². The van der Waals surface area contributed by atoms with Gasteiger partial charge in [-0.05, 0) is 69.2 Å². The molecular weight excluding hydrogens is 407 g/mol. The second-order valence-electron chi connectivity index (χ2n) is 8.09. The van der Waals surface area contributed by atoms with Gasteiger partial charge in [0.1, 0.15) is 0 Å². The zero-order valence-electron chi connectivity index (χ0n) is 18.3. The number of aryl methyl sites for hydroxylation is 2. The summed E-state index contributed by atoms with van der Waals surface area (Å²) in [5.74, 6) is -1.34. The summed E-state index contributed by atoms with van der Waals surface area (Å²) in [6, 6.07) is 15.6. The molecule has 2 N–H and O–H groups in total. The minimum atomic E-state index is -0.723. The normalized spacial score (nSPS) is 10.9. The Morgan fingerprint density at radius 2 is 1.69 bits per heavy atom. The molecular formula is C25H23FN4O2. The predicted molar refractivity (Wildman–Crippen MR) is 121 cm³/mol. The van der Waals surface area contributed by atoms with Crippen LogP contribution in [0, 0.1) is 31.1 Å². The molecule has 0 aliphatic carbocycles. The van der Waals surface area contributed by atoms with Crippen LogP contribution in [0.5, 0.6) is 0 Å². The number of pyridine rings is 1. The van der Waals surface area contributed by atoms with Crippen LogP contribution in [0.15, 0.2) is 54.7 Å². The lowest BCUT2D eigenvalue weighted by molar-refractivity contribution is 0.101. The molecule has 0 atom stereocenters. The van der Waals surface area contributed by atoms with Gasteiger partial charge in [-0.1, -0.05) is 18.2 Å². The molecule has 7 heteroatoms. The highest BCUT2D eigenvalue weighted by atomic mass is 19.1. The molecule has 0 unspecified atom stereocenters. The fraction of sp³-hybridized carbons (Fsp3) is 0.200. The maximum Gasteiger partial charge on any atom is 0.256 e. The second kappa shape index (κ2) is 8.98. The van der Waals surface area contributed by atoms with Crippen LogP contribution in [0.2, 0.25) is 0 Å². The first kappa shape index (κ1) is 22.6. The van der Waals surface area contributed by atoms with Gasteiger partial charge in [-0.15, -0.1) is 0 Å². The Morgan fingerprint density at radius 3 is 2.38 bits per heavy atom. The minimum absolute atomic E-state index is 0.322. The Morgan fingerprint density at radius 1 is 0.969 bits per heavy atom. The van der Waals surface area contributed by atoms with E-state index < -0.39 is 17.3 Å². The average Bonchev–Trinajstić information content (AvgIpc) is 2.77. The van der Waals surface area contributed by atoms with Gasteiger partial charge in [-0.25, -0.2) is 4.98 Å². The molecule has 32 heavy (non-hydrogen) atoms. The quantitative estimate of drug-likeness (QED) is 0.548. The number of anilines is 2. The summed E-state index contributed by atoms with van der Waals surface area (Å²) in [6.07, 6.45) is 1.25. The molecule has 0 aliphatic rings. The molecule has 0 radical (unpaired) electrons. The highest BCUT2D eigenvalue weighted by molar-refractivity contribution is 6.08. The lowest BCUT2D eigenvalue weighted by atomic mass is 9.85. The van der Waals surface area contributed by atoms with Crippen molar-refractivity contribution in [3.63, 3.8) is 0 Å². The third-order valence-corrected chi connectivity index (χ3v) is 5.14. The molecule has 0 bridgehead atoms. The predicted octanol–water partition coefficient (Wildman–Crippen LogP) is 5.14. The van der Waals surface area contributed by atoms with E-state index in [1.54, 1.807) is 70.2 Å². The number of nitrogens with one attached hydrogen (secondary N) is 2. The van der Waals surface area contributed by atoms with Gasteiger partial charge in [-0.3, -0.25) is 9.59 Å². The fourth-order valence-corrected chi connectivity index (χ4v) is 3.09. The number of rotatable bonds is 5. The lowest BCUT2D eigenvalue weighted by Crippen LogP contribution is -2.18. The van der Waals surface area contributed by atoms with Gasteiger partial charge in [0.25, 0.3) is 11.8 Å². The van der Waals surface area contributed by atoms with Crippen LogP contribution in [0.1, 0.15) is 51.3 Å². The zero-order chi connectivity index (χ0) is 23.5. The maximum atomic E-state index is 13.4. The van der Waals surface area contributed by atoms with E-state index in [0.29, 0.717) is 33.6 Å². The van der Waals surface area contributed by atoms with Gasteiger partial charge in [0.05, 0.1) is 23.4 Å². The van der Waals surface area contributed by atoms with Crippen molar-refractivity contribution >= 4 is 23.2 Å². The smallest absolute Gasteiger partial charge is 0.256 e. The Balaban J connectivity index is 1.80. The number of hydrogen-bond donors (Lipinski definition) is 2. The number of amides is 2. The highest BCUT2D eigenvalue weighted by Gasteiger charge is 2.21. The fourth-order valence-electron chi connectivity index (χ4n) is 3.09. The van der Waals surface area contributed by atoms with E-state index >= 15 is 0 Å². The van der Waals surface area contributed by atoms with Crippen LogP contribution in [-0.2, 0) is 5.41 Å². The van der Waals surface area contributed by atoms with E-state index in [-0.39, 0.29) is 5.91 Å². The van der Waals surface area contributed by atoms with Crippen molar-refractivity contribution in [1.29, 1.82) is 5.26 Å². The average molecular weight is 430 g/mol. The van der Waals surface area contributed by atoms with E-state index in [2.05, 4.69) is 21.7 Å². The van der Waals surface area contributed by atoms with Crippen LogP contribution in [0.3, 0.4) is 0 Å². The van der Waals surface area contributed by atoms with Gasteiger partial charge >= 0.3 is 0 Å². The first-order chi connectivity index (χ1) is 15.1. The highest BCUT2D eigenvalue weighted by Crippen LogP contribution is 2.24. The Kier molecular flexibility index (Phi) is 6.35. The first-order valence-corrected chi connectivity index (χ1v) is 9.98. The molecule has 0 saturated heterocycles. The SMILES string of the molecule is Cc1ccc(NC(=O)c2cccc(C(C)(C)C#N)c2)cc1C(=O)Nc1cnc(F)c(C)c1. The molecule has 6 nitrogen and oxygen atoms in total. The Hall–Kier alpha value is -4.05. The number of carbonyl (C=O) groups is 2. The van der Waals surface area contributed by atoms with Crippen LogP contribution in [0.4, 0.5) is 15.8 Å². The number of nitriles is 1. The standard InChI is InChI=1S/C25H23FN4O2/c1-15-8-9-19(12-21(15)24(32)30-20-10-16(2)22(26)28-13-20)29-23(31)17-6-5-7-18(11-17)25(3,4)14-27/h5-13H,1-4H3,(H,29,31)(H,30,32). The van der Waals surface area contributed by atoms with Gasteiger partial charge < -0.3 is 10.6 Å². The summed E-state index contributed by atoms with van der Waals surface area (Å²) in [5, 5.41) is 14.8. The van der Waals surface area contributed by atoms with E-state index in [0.717, 1.165) is 5.56 Å². The lowest BCUT2D eigenvalue weighted by Gasteiger charge is -2.16. The Bertz CT molecular complexity index is 1240. The molecule has 1 heterocycles. The van der Waals surface area contributed by atoms with Crippen LogP contribution >= 0.6 is 0 Å². The number of halogens is 1. The first-order valence-electron chi connectivity index (χ1n) is 9.98. The molecule has 0 spiro atoms. The molecule has 2 aromatic carbocycles. The third kappa shape index (κ3) is 4.98. The van der Waals surface area contributed by atoms with E-state index in [4.69, 9.17) is 0 Å². The summed E-state index contributed by atoms with van der Waals surface area (Å²) in [4.78, 5) is 29.1. The number of benzene rings is 2. The van der Waals surface area contributed by atoms with E-state index in [1.807, 2.05) is 0 Å². The molecule has 162 valence electrons. The minimum Gasteiger partial charge on any atom is -0.322 e. The molecule has 0 saturated carbocycles. The molecule has 3 rings (SSSR count). The number of carbonyl (C=O) groups excluding carboxylic acids is 2. The van der Waals surface area contributed by atoms with Gasteiger partial charge in [-0.2, -0.15) is 9.65 Å². The van der Waals surface area contributed by atoms with Crippen molar-refractivity contribution in [3.8, 4) is 6.07 Å². The molecule has 2 amide bonds. The van der Waals surface area contributed by atoms with Crippen LogP contribution in [0.25, 0.3) is 0 Å². The van der Waals surface area contributed by atoms with Crippen molar-refractivity contribution in [3.05, 3.63) is 88.5 Å². The van der Waals surface area contributed by atoms with E-state index in [9.17, 15) is 19.2 Å². The molecule has 0 aliphatic heterocycles. The summed E-state index contributed by atoms with van der Waals surface area (Å²) >= 11 is 0. The van der Waals surface area contributed by atoms with Crippen molar-refractivity contribution < 1.29 is 14.0 Å². The summed E-state index contributed by atoms with van der Waals surface area (Å²) in [7, 11) is 0. The van der Waals surface area contributed by atoms with Crippen LogP contribution in [-0.4, -0.2) is 16.8 Å². The largest absolute Gasteiger partial charge is 0.322 e. The number of aromatic nitrogens is 1. The summed E-state index contributed by atoms with van der Waals surface area (Å²) in [6.45, 7) is 6.91. The number of nitrogens with zero attached hydrogens (tertiary/aromatic N) is 2. The van der Waals surface area contributed by atoms with Gasteiger partial charge in [0.15, 0.2) is 0 Å². The third-order valence-electron chi connectivity index (χ3n) is 5.14. The monoisotopic (exact) mass is 430 g/mol. The summed E-state index contributed by atoms with van der Waals surface area (Å²) in [5.41, 5.74) is 2.64. The van der Waals surface area contributed by atoms with Crippen molar-refractivity contribution in [2.75, 3.05) is 10.6 Å². The topological polar surface area (TPSA) is 94.9 Å². The molecule has 1 aromatic heterocycles. The van der Waals surface area contributed by atoms with Crippen LogP contribution < -0.4 is 10.6 Å². The molecule has 0 fully saturated rings. The summed E-state index contributed by atoms with van der Waals surface area (Å²) < 4.78 is 13.4. The maximum absolute atomic E-state index is 13.4.